The van der Waals surface area contributed by atoms with Crippen LogP contribution in [0.1, 0.15) is 11.1 Å². The largest absolute Gasteiger partial charge is 0.297 e. The summed E-state index contributed by atoms with van der Waals surface area (Å²) in [6.45, 7) is 3.67. The Morgan fingerprint density at radius 2 is 1.50 bits per heavy atom. The minimum atomic E-state index is -3.43. The first kappa shape index (κ1) is 18.8. The van der Waals surface area contributed by atoms with E-state index >= 15 is 0 Å². The van der Waals surface area contributed by atoms with Gasteiger partial charge in [-0.05, 0) is 11.1 Å². The van der Waals surface area contributed by atoms with Crippen LogP contribution in [-0.4, -0.2) is 50.3 Å². The molecule has 1 aliphatic rings. The summed E-state index contributed by atoms with van der Waals surface area (Å²) in [6.07, 6.45) is 4.23. The summed E-state index contributed by atoms with van der Waals surface area (Å²) < 4.78 is 29.1. The van der Waals surface area contributed by atoms with Gasteiger partial charge in [-0.2, -0.15) is 17.4 Å². The summed E-state index contributed by atoms with van der Waals surface area (Å²) in [4.78, 5) is 2.27. The molecule has 2 aromatic carbocycles. The molecule has 1 fully saturated rings. The number of nitrogens with one attached hydrogen (secondary N) is 1. The highest BCUT2D eigenvalue weighted by molar-refractivity contribution is 7.87. The molecule has 1 heterocycles. The molecule has 1 N–H and O–H groups in total. The van der Waals surface area contributed by atoms with Crippen LogP contribution < -0.4 is 4.72 Å². The lowest BCUT2D eigenvalue weighted by molar-refractivity contribution is 0.203. The zero-order valence-corrected chi connectivity index (χ0v) is 15.6. The smallest absolute Gasteiger partial charge is 0.279 e. The minimum absolute atomic E-state index is 0.323. The van der Waals surface area contributed by atoms with E-state index in [2.05, 4.69) is 33.9 Å². The van der Waals surface area contributed by atoms with Crippen molar-refractivity contribution in [2.45, 2.75) is 6.54 Å². The first-order chi connectivity index (χ1) is 12.6. The van der Waals surface area contributed by atoms with Gasteiger partial charge in [0.05, 0.1) is 0 Å². The molecule has 3 rings (SSSR count). The van der Waals surface area contributed by atoms with Gasteiger partial charge in [0.2, 0.25) is 0 Å². The van der Waals surface area contributed by atoms with Gasteiger partial charge < -0.3 is 0 Å². The van der Waals surface area contributed by atoms with Gasteiger partial charge in [-0.3, -0.25) is 4.90 Å². The molecule has 0 unspecified atom stereocenters. The molecule has 0 atom stereocenters. The van der Waals surface area contributed by atoms with Gasteiger partial charge in [0.15, 0.2) is 0 Å². The SMILES string of the molecule is O=S(=O)(NCc1ccccc1)N1CCN(C/C=C/c2ccccc2)CC1. The molecular formula is C20H25N3O2S. The molecule has 0 spiro atoms. The minimum Gasteiger partial charge on any atom is -0.297 e. The Bertz CT molecular complexity index is 799. The number of hydrogen-bond donors (Lipinski definition) is 1. The van der Waals surface area contributed by atoms with E-state index in [1.807, 2.05) is 48.5 Å². The molecule has 0 aliphatic carbocycles. The third kappa shape index (κ3) is 5.51. The monoisotopic (exact) mass is 371 g/mol. The average Bonchev–Trinajstić information content (AvgIpc) is 2.69. The number of piperazine rings is 1. The van der Waals surface area contributed by atoms with E-state index in [0.29, 0.717) is 19.6 Å². The molecule has 0 bridgehead atoms. The van der Waals surface area contributed by atoms with Crippen molar-refractivity contribution in [3.8, 4) is 0 Å². The Morgan fingerprint density at radius 3 is 2.15 bits per heavy atom. The van der Waals surface area contributed by atoms with Crippen molar-refractivity contribution in [3.05, 3.63) is 77.9 Å². The van der Waals surface area contributed by atoms with Gasteiger partial charge in [-0.1, -0.05) is 72.8 Å². The molecule has 6 heteroatoms. The highest BCUT2D eigenvalue weighted by atomic mass is 32.2. The predicted molar refractivity (Wildman–Crippen MR) is 106 cm³/mol. The van der Waals surface area contributed by atoms with Gasteiger partial charge in [-0.15, -0.1) is 0 Å². The molecule has 1 aliphatic heterocycles. The van der Waals surface area contributed by atoms with Crippen molar-refractivity contribution in [2.75, 3.05) is 32.7 Å². The zero-order chi connectivity index (χ0) is 18.2. The third-order valence-corrected chi connectivity index (χ3v) is 6.00. The summed E-state index contributed by atoms with van der Waals surface area (Å²) in [5.74, 6) is 0. The van der Waals surface area contributed by atoms with Crippen LogP contribution in [0.2, 0.25) is 0 Å². The van der Waals surface area contributed by atoms with Crippen LogP contribution in [0, 0.1) is 0 Å². The predicted octanol–water partition coefficient (Wildman–Crippen LogP) is 2.35. The van der Waals surface area contributed by atoms with Crippen molar-refractivity contribution < 1.29 is 8.42 Å². The Kier molecular flexibility index (Phi) is 6.57. The second kappa shape index (κ2) is 9.09. The van der Waals surface area contributed by atoms with Crippen LogP contribution in [0.4, 0.5) is 0 Å². The fourth-order valence-corrected chi connectivity index (χ4v) is 4.09. The molecule has 1 saturated heterocycles. The van der Waals surface area contributed by atoms with Crippen molar-refractivity contribution in [1.29, 1.82) is 0 Å². The summed E-state index contributed by atoms with van der Waals surface area (Å²) in [7, 11) is -3.43. The Balaban J connectivity index is 1.44. The Hall–Kier alpha value is -1.99. The van der Waals surface area contributed by atoms with Gasteiger partial charge in [-0.25, -0.2) is 0 Å². The maximum absolute atomic E-state index is 12.4. The lowest BCUT2D eigenvalue weighted by Crippen LogP contribution is -2.51. The van der Waals surface area contributed by atoms with E-state index in [4.69, 9.17) is 0 Å². The number of nitrogens with zero attached hydrogens (tertiary/aromatic N) is 2. The van der Waals surface area contributed by atoms with E-state index in [1.54, 1.807) is 0 Å². The van der Waals surface area contributed by atoms with Crippen molar-refractivity contribution in [2.24, 2.45) is 0 Å². The van der Waals surface area contributed by atoms with Crippen molar-refractivity contribution in [3.63, 3.8) is 0 Å². The third-order valence-electron chi connectivity index (χ3n) is 4.45. The van der Waals surface area contributed by atoms with Crippen LogP contribution in [0.15, 0.2) is 66.7 Å². The molecule has 0 saturated carbocycles. The molecule has 26 heavy (non-hydrogen) atoms. The zero-order valence-electron chi connectivity index (χ0n) is 14.8. The number of hydrogen-bond acceptors (Lipinski definition) is 3. The van der Waals surface area contributed by atoms with E-state index in [9.17, 15) is 8.42 Å². The van der Waals surface area contributed by atoms with E-state index in [0.717, 1.165) is 25.2 Å². The van der Waals surface area contributed by atoms with E-state index in [-0.39, 0.29) is 0 Å². The Morgan fingerprint density at radius 1 is 0.885 bits per heavy atom. The van der Waals surface area contributed by atoms with Crippen molar-refractivity contribution in [1.82, 2.24) is 13.9 Å². The highest BCUT2D eigenvalue weighted by Crippen LogP contribution is 2.08. The second-order valence-electron chi connectivity index (χ2n) is 6.32. The molecule has 0 radical (unpaired) electrons. The van der Waals surface area contributed by atoms with Gasteiger partial charge >= 0.3 is 0 Å². The molecule has 5 nitrogen and oxygen atoms in total. The standard InChI is InChI=1S/C20H25N3O2S/c24-26(25,21-18-20-10-5-2-6-11-20)23-16-14-22(15-17-23)13-7-12-19-8-3-1-4-9-19/h1-12,21H,13-18H2/b12-7+. The molecule has 0 amide bonds. The van der Waals surface area contributed by atoms with Crippen LogP contribution in [-0.2, 0) is 16.8 Å². The van der Waals surface area contributed by atoms with Crippen LogP contribution in [0.25, 0.3) is 6.08 Å². The van der Waals surface area contributed by atoms with Crippen LogP contribution in [0.5, 0.6) is 0 Å². The van der Waals surface area contributed by atoms with Gasteiger partial charge in [0.1, 0.15) is 0 Å². The first-order valence-electron chi connectivity index (χ1n) is 8.86. The van der Waals surface area contributed by atoms with Crippen LogP contribution in [0.3, 0.4) is 0 Å². The fourth-order valence-electron chi connectivity index (χ4n) is 2.92. The fraction of sp³-hybridized carbons (Fsp3) is 0.300. The molecular weight excluding hydrogens is 346 g/mol. The lowest BCUT2D eigenvalue weighted by Gasteiger charge is -2.33. The van der Waals surface area contributed by atoms with Gasteiger partial charge in [0, 0.05) is 39.3 Å². The summed E-state index contributed by atoms with van der Waals surface area (Å²) in [6, 6.07) is 19.7. The summed E-state index contributed by atoms with van der Waals surface area (Å²) >= 11 is 0. The maximum Gasteiger partial charge on any atom is 0.279 e. The summed E-state index contributed by atoms with van der Waals surface area (Å²) in [5, 5.41) is 0. The normalized spacial score (nSPS) is 16.9. The van der Waals surface area contributed by atoms with Gasteiger partial charge in [0.25, 0.3) is 10.2 Å². The molecule has 0 aromatic heterocycles. The second-order valence-corrected chi connectivity index (χ2v) is 8.08. The number of rotatable bonds is 7. The molecule has 2 aromatic rings. The Labute approximate surface area is 156 Å². The quantitative estimate of drug-likeness (QED) is 0.813. The first-order valence-corrected chi connectivity index (χ1v) is 10.3. The highest BCUT2D eigenvalue weighted by Gasteiger charge is 2.25. The average molecular weight is 372 g/mol. The van der Waals surface area contributed by atoms with E-state index in [1.165, 1.54) is 9.87 Å². The van der Waals surface area contributed by atoms with E-state index < -0.39 is 10.2 Å². The lowest BCUT2D eigenvalue weighted by atomic mass is 10.2. The van der Waals surface area contributed by atoms with Crippen LogP contribution >= 0.6 is 0 Å². The maximum atomic E-state index is 12.4. The summed E-state index contributed by atoms with van der Waals surface area (Å²) in [5.41, 5.74) is 2.14. The topological polar surface area (TPSA) is 52.7 Å². The molecule has 138 valence electrons. The number of benzene rings is 2. The van der Waals surface area contributed by atoms with Crippen molar-refractivity contribution >= 4 is 16.3 Å².